The Bertz CT molecular complexity index is 507. The van der Waals surface area contributed by atoms with Crippen molar-refractivity contribution >= 4 is 11.8 Å². The van der Waals surface area contributed by atoms with Crippen LogP contribution in [0, 0.1) is 0 Å². The third-order valence-corrected chi connectivity index (χ3v) is 4.07. The molecule has 0 bridgehead atoms. The van der Waals surface area contributed by atoms with Crippen LogP contribution >= 0.6 is 11.8 Å². The normalized spacial score (nSPS) is 12.6. The molecule has 0 amide bonds. The lowest BCUT2D eigenvalue weighted by atomic mass is 10.0. The van der Waals surface area contributed by atoms with Gasteiger partial charge in [-0.3, -0.25) is 4.68 Å². The van der Waals surface area contributed by atoms with Crippen molar-refractivity contribution in [3.8, 4) is 0 Å². The molecule has 19 heavy (non-hydrogen) atoms. The summed E-state index contributed by atoms with van der Waals surface area (Å²) >= 11 is 1.82. The van der Waals surface area contributed by atoms with Gasteiger partial charge in [-0.15, -0.1) is 11.8 Å². The second-order valence-electron chi connectivity index (χ2n) is 4.50. The van der Waals surface area contributed by atoms with Gasteiger partial charge in [0.25, 0.3) is 0 Å². The Kier molecular flexibility index (Phi) is 5.05. The molecule has 0 radical (unpaired) electrons. The second-order valence-corrected chi connectivity index (χ2v) is 5.84. The molecule has 1 unspecified atom stereocenters. The Morgan fingerprint density at radius 1 is 1.26 bits per heavy atom. The summed E-state index contributed by atoms with van der Waals surface area (Å²) in [6.07, 6.45) is 2.94. The van der Waals surface area contributed by atoms with Crippen molar-refractivity contribution in [3.05, 3.63) is 47.8 Å². The van der Waals surface area contributed by atoms with Crippen molar-refractivity contribution < 1.29 is 5.11 Å². The molecule has 2 aromatic rings. The highest BCUT2D eigenvalue weighted by Crippen LogP contribution is 2.23. The molecule has 0 saturated heterocycles. The van der Waals surface area contributed by atoms with E-state index in [0.717, 1.165) is 29.9 Å². The molecule has 0 saturated carbocycles. The summed E-state index contributed by atoms with van der Waals surface area (Å²) in [5.74, 6) is 1.07. The number of aryl methyl sites for hydroxylation is 2. The predicted octanol–water partition coefficient (Wildman–Crippen LogP) is 3.20. The summed E-state index contributed by atoms with van der Waals surface area (Å²) in [5, 5.41) is 14.3. The highest BCUT2D eigenvalue weighted by atomic mass is 32.2. The summed E-state index contributed by atoms with van der Waals surface area (Å²) in [6, 6.07) is 10.2. The highest BCUT2D eigenvalue weighted by Gasteiger charge is 2.09. The standard InChI is InChI=1S/C15H20N2OS/c1-3-19-14-7-4-12(5-8-14)15(18)9-6-13-10-11-16-17(13)2/h4-5,7-8,10-11,15,18H,3,6,9H2,1-2H3. The van der Waals surface area contributed by atoms with Crippen LogP contribution in [0.15, 0.2) is 41.4 Å². The zero-order valence-electron chi connectivity index (χ0n) is 11.4. The summed E-state index contributed by atoms with van der Waals surface area (Å²) in [6.45, 7) is 2.14. The molecule has 1 aromatic heterocycles. The molecule has 1 heterocycles. The van der Waals surface area contributed by atoms with Gasteiger partial charge in [0.05, 0.1) is 6.10 Å². The first-order valence-corrected chi connectivity index (χ1v) is 7.57. The van der Waals surface area contributed by atoms with Crippen molar-refractivity contribution in [2.45, 2.75) is 30.8 Å². The zero-order chi connectivity index (χ0) is 13.7. The second kappa shape index (κ2) is 6.78. The molecule has 1 aromatic carbocycles. The molecule has 0 aliphatic heterocycles. The lowest BCUT2D eigenvalue weighted by Gasteiger charge is -2.11. The van der Waals surface area contributed by atoms with Crippen LogP contribution < -0.4 is 0 Å². The van der Waals surface area contributed by atoms with Crippen molar-refractivity contribution in [1.82, 2.24) is 9.78 Å². The molecule has 0 fully saturated rings. The topological polar surface area (TPSA) is 38.1 Å². The molecule has 4 heteroatoms. The van der Waals surface area contributed by atoms with Crippen molar-refractivity contribution in [2.24, 2.45) is 7.05 Å². The molecule has 2 rings (SSSR count). The minimum atomic E-state index is -0.407. The molecule has 0 aliphatic rings. The van der Waals surface area contributed by atoms with Gasteiger partial charge in [-0.05, 0) is 42.4 Å². The van der Waals surface area contributed by atoms with Gasteiger partial charge < -0.3 is 5.11 Å². The number of nitrogens with zero attached hydrogens (tertiary/aromatic N) is 2. The Labute approximate surface area is 118 Å². The maximum atomic E-state index is 10.2. The van der Waals surface area contributed by atoms with E-state index in [0.29, 0.717) is 0 Å². The van der Waals surface area contributed by atoms with Crippen LogP contribution in [0.3, 0.4) is 0 Å². The van der Waals surface area contributed by atoms with Crippen molar-refractivity contribution in [2.75, 3.05) is 5.75 Å². The van der Waals surface area contributed by atoms with E-state index in [4.69, 9.17) is 0 Å². The number of aliphatic hydroxyl groups is 1. The summed E-state index contributed by atoms with van der Waals surface area (Å²) < 4.78 is 1.85. The lowest BCUT2D eigenvalue weighted by Crippen LogP contribution is -2.03. The first-order valence-electron chi connectivity index (χ1n) is 6.58. The number of benzene rings is 1. The summed E-state index contributed by atoms with van der Waals surface area (Å²) in [7, 11) is 1.93. The van der Waals surface area contributed by atoms with E-state index in [1.165, 1.54) is 4.90 Å². The number of hydrogen-bond donors (Lipinski definition) is 1. The van der Waals surface area contributed by atoms with E-state index >= 15 is 0 Å². The fourth-order valence-electron chi connectivity index (χ4n) is 2.05. The lowest BCUT2D eigenvalue weighted by molar-refractivity contribution is 0.167. The van der Waals surface area contributed by atoms with Gasteiger partial charge in [0.15, 0.2) is 0 Å². The first kappa shape index (κ1) is 14.2. The van der Waals surface area contributed by atoms with Crippen molar-refractivity contribution in [1.29, 1.82) is 0 Å². The largest absolute Gasteiger partial charge is 0.388 e. The molecule has 0 spiro atoms. The predicted molar refractivity (Wildman–Crippen MR) is 79.3 cm³/mol. The smallest absolute Gasteiger partial charge is 0.0793 e. The quantitative estimate of drug-likeness (QED) is 0.823. The maximum Gasteiger partial charge on any atom is 0.0793 e. The highest BCUT2D eigenvalue weighted by molar-refractivity contribution is 7.99. The van der Waals surface area contributed by atoms with E-state index in [2.05, 4.69) is 24.2 Å². The molecule has 102 valence electrons. The van der Waals surface area contributed by atoms with Gasteiger partial charge in [-0.25, -0.2) is 0 Å². The first-order chi connectivity index (χ1) is 9.20. The average molecular weight is 276 g/mol. The van der Waals surface area contributed by atoms with Crippen LogP contribution in [0.5, 0.6) is 0 Å². The molecule has 1 atom stereocenters. The van der Waals surface area contributed by atoms with E-state index in [-0.39, 0.29) is 0 Å². The fourth-order valence-corrected chi connectivity index (χ4v) is 2.71. The Balaban J connectivity index is 1.92. The minimum Gasteiger partial charge on any atom is -0.388 e. The summed E-state index contributed by atoms with van der Waals surface area (Å²) in [4.78, 5) is 1.25. The summed E-state index contributed by atoms with van der Waals surface area (Å²) in [5.41, 5.74) is 2.14. The third-order valence-electron chi connectivity index (χ3n) is 3.17. The van der Waals surface area contributed by atoms with Gasteiger partial charge >= 0.3 is 0 Å². The van der Waals surface area contributed by atoms with Crippen LogP contribution in [-0.2, 0) is 13.5 Å². The van der Waals surface area contributed by atoms with Crippen molar-refractivity contribution in [3.63, 3.8) is 0 Å². The van der Waals surface area contributed by atoms with Gasteiger partial charge in [0, 0.05) is 23.8 Å². The van der Waals surface area contributed by atoms with Crippen LogP contribution in [0.1, 0.15) is 30.7 Å². The van der Waals surface area contributed by atoms with Gasteiger partial charge in [0.1, 0.15) is 0 Å². The number of aromatic nitrogens is 2. The van der Waals surface area contributed by atoms with Crippen LogP contribution in [-0.4, -0.2) is 20.6 Å². The van der Waals surface area contributed by atoms with E-state index in [9.17, 15) is 5.11 Å². The maximum absolute atomic E-state index is 10.2. The number of hydrogen-bond acceptors (Lipinski definition) is 3. The van der Waals surface area contributed by atoms with Crippen LogP contribution in [0.2, 0.25) is 0 Å². The Morgan fingerprint density at radius 2 is 2.00 bits per heavy atom. The van der Waals surface area contributed by atoms with Crippen LogP contribution in [0.25, 0.3) is 0 Å². The van der Waals surface area contributed by atoms with Gasteiger partial charge in [-0.2, -0.15) is 5.10 Å². The molecule has 3 nitrogen and oxygen atoms in total. The number of aliphatic hydroxyl groups excluding tert-OH is 1. The minimum absolute atomic E-state index is 0.407. The zero-order valence-corrected chi connectivity index (χ0v) is 12.2. The molecular weight excluding hydrogens is 256 g/mol. The van der Waals surface area contributed by atoms with Gasteiger partial charge in [0.2, 0.25) is 0 Å². The average Bonchev–Trinajstić information content (AvgIpc) is 2.83. The SMILES string of the molecule is CCSc1ccc(C(O)CCc2ccnn2C)cc1. The number of rotatable bonds is 6. The molecule has 0 aliphatic carbocycles. The van der Waals surface area contributed by atoms with E-state index < -0.39 is 6.10 Å². The monoisotopic (exact) mass is 276 g/mol. The third kappa shape index (κ3) is 3.85. The Hall–Kier alpha value is -1.26. The van der Waals surface area contributed by atoms with Gasteiger partial charge in [-0.1, -0.05) is 19.1 Å². The fraction of sp³-hybridized carbons (Fsp3) is 0.400. The van der Waals surface area contributed by atoms with E-state index in [1.54, 1.807) is 6.20 Å². The Morgan fingerprint density at radius 3 is 2.58 bits per heavy atom. The van der Waals surface area contributed by atoms with Crippen LogP contribution in [0.4, 0.5) is 0 Å². The molecular formula is C15H20N2OS. The van der Waals surface area contributed by atoms with E-state index in [1.807, 2.05) is 41.7 Å². The number of thioether (sulfide) groups is 1. The molecule has 1 N–H and O–H groups in total.